The van der Waals surface area contributed by atoms with E-state index >= 15 is 0 Å². The zero-order chi connectivity index (χ0) is 14.5. The van der Waals surface area contributed by atoms with Crippen molar-refractivity contribution in [3.63, 3.8) is 0 Å². The lowest BCUT2D eigenvalue weighted by molar-refractivity contribution is 0.205. The van der Waals surface area contributed by atoms with Gasteiger partial charge < -0.3 is 15.4 Å². The summed E-state index contributed by atoms with van der Waals surface area (Å²) in [6, 6.07) is 8.47. The maximum Gasteiger partial charge on any atom is 0.119 e. The first-order valence-electron chi connectivity index (χ1n) is 8.26. The summed E-state index contributed by atoms with van der Waals surface area (Å²) in [5, 5.41) is 0. The Balaban J connectivity index is 1.37. The van der Waals surface area contributed by atoms with Gasteiger partial charge in [0.25, 0.3) is 0 Å². The number of anilines is 1. The normalized spacial score (nSPS) is 23.7. The molecule has 2 aliphatic rings. The summed E-state index contributed by atoms with van der Waals surface area (Å²) < 4.78 is 5.78. The molecule has 1 unspecified atom stereocenters. The molecule has 2 heterocycles. The smallest absolute Gasteiger partial charge is 0.119 e. The minimum absolute atomic E-state index is 0.785. The SMILES string of the molecule is Nc1ccc(OCCCN2CCCN3CCCC3C2)cc1. The van der Waals surface area contributed by atoms with E-state index in [9.17, 15) is 0 Å². The Morgan fingerprint density at radius 1 is 1.10 bits per heavy atom. The molecule has 0 spiro atoms. The van der Waals surface area contributed by atoms with Gasteiger partial charge in [-0.25, -0.2) is 0 Å². The van der Waals surface area contributed by atoms with Crippen LogP contribution in [0.25, 0.3) is 0 Å². The van der Waals surface area contributed by atoms with Crippen molar-refractivity contribution in [1.82, 2.24) is 9.80 Å². The van der Waals surface area contributed by atoms with Gasteiger partial charge in [0.2, 0.25) is 0 Å². The molecular formula is C17H27N3O. The van der Waals surface area contributed by atoms with Crippen molar-refractivity contribution in [2.75, 3.05) is 45.1 Å². The van der Waals surface area contributed by atoms with Crippen LogP contribution in [0, 0.1) is 0 Å². The van der Waals surface area contributed by atoms with Gasteiger partial charge in [-0.3, -0.25) is 4.90 Å². The van der Waals surface area contributed by atoms with Crippen LogP contribution in [-0.4, -0.2) is 55.2 Å². The van der Waals surface area contributed by atoms with Gasteiger partial charge in [0.1, 0.15) is 5.75 Å². The summed E-state index contributed by atoms with van der Waals surface area (Å²) in [5.41, 5.74) is 6.46. The number of hydrogen-bond donors (Lipinski definition) is 1. The number of fused-ring (bicyclic) bond motifs is 1. The average Bonchev–Trinajstić information content (AvgIpc) is 2.84. The summed E-state index contributed by atoms with van der Waals surface area (Å²) in [6.45, 7) is 7.05. The highest BCUT2D eigenvalue weighted by Crippen LogP contribution is 2.21. The van der Waals surface area contributed by atoms with Crippen molar-refractivity contribution < 1.29 is 4.74 Å². The third-order valence-electron chi connectivity index (χ3n) is 4.66. The molecule has 21 heavy (non-hydrogen) atoms. The van der Waals surface area contributed by atoms with Gasteiger partial charge in [0.05, 0.1) is 6.61 Å². The largest absolute Gasteiger partial charge is 0.494 e. The van der Waals surface area contributed by atoms with E-state index in [1.165, 1.54) is 45.4 Å². The number of benzene rings is 1. The highest BCUT2D eigenvalue weighted by molar-refractivity contribution is 5.41. The highest BCUT2D eigenvalue weighted by atomic mass is 16.5. The van der Waals surface area contributed by atoms with Crippen LogP contribution in [-0.2, 0) is 0 Å². The lowest BCUT2D eigenvalue weighted by atomic mass is 10.2. The molecule has 1 atom stereocenters. The predicted molar refractivity (Wildman–Crippen MR) is 86.6 cm³/mol. The fraction of sp³-hybridized carbons (Fsp3) is 0.647. The van der Waals surface area contributed by atoms with Crippen molar-refractivity contribution >= 4 is 5.69 Å². The molecule has 2 N–H and O–H groups in total. The molecule has 0 radical (unpaired) electrons. The summed E-state index contributed by atoms with van der Waals surface area (Å²) >= 11 is 0. The van der Waals surface area contributed by atoms with E-state index in [2.05, 4.69) is 9.80 Å². The summed E-state index contributed by atoms with van der Waals surface area (Å²) in [7, 11) is 0. The minimum atomic E-state index is 0.785. The Morgan fingerprint density at radius 2 is 1.90 bits per heavy atom. The van der Waals surface area contributed by atoms with Gasteiger partial charge in [-0.05, 0) is 69.6 Å². The van der Waals surface area contributed by atoms with Gasteiger partial charge in [0.15, 0.2) is 0 Å². The zero-order valence-corrected chi connectivity index (χ0v) is 12.8. The maximum atomic E-state index is 5.78. The first kappa shape index (κ1) is 14.7. The number of nitrogens with zero attached hydrogens (tertiary/aromatic N) is 2. The number of ether oxygens (including phenoxy) is 1. The standard InChI is InChI=1S/C17H27N3O/c18-15-5-7-17(8-6-15)21-13-3-10-19-9-2-12-20-11-1-4-16(20)14-19/h5-8,16H,1-4,9-14,18H2. The molecule has 3 rings (SSSR count). The molecule has 2 aliphatic heterocycles. The van der Waals surface area contributed by atoms with Crippen molar-refractivity contribution in [3.8, 4) is 5.75 Å². The van der Waals surface area contributed by atoms with E-state index in [1.807, 2.05) is 24.3 Å². The van der Waals surface area contributed by atoms with Crippen LogP contribution in [0.3, 0.4) is 0 Å². The maximum absolute atomic E-state index is 5.78. The van der Waals surface area contributed by atoms with Crippen molar-refractivity contribution in [2.24, 2.45) is 0 Å². The van der Waals surface area contributed by atoms with E-state index < -0.39 is 0 Å². The summed E-state index contributed by atoms with van der Waals surface area (Å²) in [4.78, 5) is 5.31. The summed E-state index contributed by atoms with van der Waals surface area (Å²) in [6.07, 6.45) is 5.18. The minimum Gasteiger partial charge on any atom is -0.494 e. The van der Waals surface area contributed by atoms with Crippen LogP contribution in [0.5, 0.6) is 5.75 Å². The van der Waals surface area contributed by atoms with Crippen LogP contribution in [0.2, 0.25) is 0 Å². The second-order valence-electron chi connectivity index (χ2n) is 6.26. The number of rotatable bonds is 5. The van der Waals surface area contributed by atoms with Gasteiger partial charge in [-0.1, -0.05) is 0 Å². The van der Waals surface area contributed by atoms with Gasteiger partial charge in [0, 0.05) is 24.8 Å². The van der Waals surface area contributed by atoms with Gasteiger partial charge in [-0.2, -0.15) is 0 Å². The van der Waals surface area contributed by atoms with Crippen molar-refractivity contribution in [1.29, 1.82) is 0 Å². The molecule has 116 valence electrons. The van der Waals surface area contributed by atoms with Crippen LogP contribution in [0.15, 0.2) is 24.3 Å². The van der Waals surface area contributed by atoms with E-state index in [1.54, 1.807) is 0 Å². The molecule has 0 amide bonds. The molecule has 4 nitrogen and oxygen atoms in total. The quantitative estimate of drug-likeness (QED) is 0.666. The first-order valence-corrected chi connectivity index (χ1v) is 8.26. The molecule has 0 bridgehead atoms. The molecule has 0 aliphatic carbocycles. The van der Waals surface area contributed by atoms with Crippen molar-refractivity contribution in [2.45, 2.75) is 31.7 Å². The fourth-order valence-corrected chi connectivity index (χ4v) is 3.53. The van der Waals surface area contributed by atoms with E-state index in [0.29, 0.717) is 0 Å². The Kier molecular flexibility index (Phi) is 4.99. The predicted octanol–water partition coefficient (Wildman–Crippen LogP) is 2.21. The van der Waals surface area contributed by atoms with E-state index in [-0.39, 0.29) is 0 Å². The molecule has 0 aromatic heterocycles. The second-order valence-corrected chi connectivity index (χ2v) is 6.26. The summed E-state index contributed by atoms with van der Waals surface area (Å²) in [5.74, 6) is 0.919. The first-order chi connectivity index (χ1) is 10.3. The number of nitrogen functional groups attached to an aromatic ring is 1. The Bertz CT molecular complexity index is 434. The van der Waals surface area contributed by atoms with Gasteiger partial charge in [-0.15, -0.1) is 0 Å². The lowest BCUT2D eigenvalue weighted by Crippen LogP contribution is -2.37. The molecule has 1 aromatic carbocycles. The molecule has 4 heteroatoms. The molecule has 0 saturated carbocycles. The topological polar surface area (TPSA) is 41.7 Å². The zero-order valence-electron chi connectivity index (χ0n) is 12.8. The average molecular weight is 289 g/mol. The Labute approximate surface area is 127 Å². The number of nitrogens with two attached hydrogens (primary N) is 1. The van der Waals surface area contributed by atoms with Crippen LogP contribution in [0.4, 0.5) is 5.69 Å². The Hall–Kier alpha value is -1.26. The third kappa shape index (κ3) is 4.11. The molecule has 1 aromatic rings. The number of hydrogen-bond acceptors (Lipinski definition) is 4. The van der Waals surface area contributed by atoms with Crippen LogP contribution in [0.1, 0.15) is 25.7 Å². The molecular weight excluding hydrogens is 262 g/mol. The van der Waals surface area contributed by atoms with Gasteiger partial charge >= 0.3 is 0 Å². The second kappa shape index (κ2) is 7.14. The molecule has 2 saturated heterocycles. The van der Waals surface area contributed by atoms with E-state index in [4.69, 9.17) is 10.5 Å². The highest BCUT2D eigenvalue weighted by Gasteiger charge is 2.28. The fourth-order valence-electron chi connectivity index (χ4n) is 3.53. The van der Waals surface area contributed by atoms with Crippen molar-refractivity contribution in [3.05, 3.63) is 24.3 Å². The Morgan fingerprint density at radius 3 is 2.76 bits per heavy atom. The van der Waals surface area contributed by atoms with Crippen LogP contribution < -0.4 is 10.5 Å². The molecule has 2 fully saturated rings. The lowest BCUT2D eigenvalue weighted by Gasteiger charge is -2.25. The third-order valence-corrected chi connectivity index (χ3v) is 4.66. The monoisotopic (exact) mass is 289 g/mol. The van der Waals surface area contributed by atoms with E-state index in [0.717, 1.165) is 37.1 Å². The van der Waals surface area contributed by atoms with Crippen LogP contribution >= 0.6 is 0 Å².